The Bertz CT molecular complexity index is 887. The number of aromatic nitrogens is 1. The van der Waals surface area contributed by atoms with Gasteiger partial charge in [0.05, 0.1) is 5.69 Å². The molecule has 2 rings (SSSR count). The Morgan fingerprint density at radius 1 is 1.24 bits per heavy atom. The molecule has 0 atom stereocenters. The Labute approximate surface area is 147 Å². The van der Waals surface area contributed by atoms with Crippen LogP contribution in [0, 0.1) is 12.7 Å². The maximum atomic E-state index is 13.8. The Hall–Kier alpha value is -2.19. The highest BCUT2D eigenvalue weighted by Gasteiger charge is 2.25. The van der Waals surface area contributed by atoms with Crippen molar-refractivity contribution in [3.63, 3.8) is 0 Å². The molecule has 136 valence electrons. The number of hydrogen-bond acceptors (Lipinski definition) is 3. The van der Waals surface area contributed by atoms with Gasteiger partial charge in [-0.05, 0) is 30.7 Å². The lowest BCUT2D eigenvalue weighted by Gasteiger charge is -2.17. The minimum Gasteiger partial charge on any atom is -0.345 e. The number of anilines is 1. The van der Waals surface area contributed by atoms with E-state index in [4.69, 9.17) is 0 Å². The van der Waals surface area contributed by atoms with Gasteiger partial charge in [-0.3, -0.25) is 4.79 Å². The number of rotatable bonds is 6. The summed E-state index contributed by atoms with van der Waals surface area (Å²) in [7, 11) is -2.09. The van der Waals surface area contributed by atoms with Crippen molar-refractivity contribution < 1.29 is 17.6 Å². The van der Waals surface area contributed by atoms with Crippen LogP contribution >= 0.6 is 0 Å². The maximum absolute atomic E-state index is 13.8. The zero-order valence-electron chi connectivity index (χ0n) is 14.7. The van der Waals surface area contributed by atoms with Gasteiger partial charge in [-0.25, -0.2) is 12.8 Å². The van der Waals surface area contributed by atoms with Crippen LogP contribution in [0.2, 0.25) is 0 Å². The third kappa shape index (κ3) is 3.91. The standard InChI is InChI=1S/C17H22FN3O3S/c1-5-21(6-2)25(23,24)13-10-16(20(4)11-13)17(22)19-15-9-12(3)7-8-14(15)18/h7-11H,5-6H2,1-4H3,(H,19,22). The average Bonchev–Trinajstić information content (AvgIpc) is 2.94. The highest BCUT2D eigenvalue weighted by atomic mass is 32.2. The van der Waals surface area contributed by atoms with E-state index in [1.165, 1.54) is 33.3 Å². The maximum Gasteiger partial charge on any atom is 0.272 e. The Balaban J connectivity index is 2.34. The molecule has 25 heavy (non-hydrogen) atoms. The van der Waals surface area contributed by atoms with Crippen LogP contribution in [-0.2, 0) is 17.1 Å². The lowest BCUT2D eigenvalue weighted by molar-refractivity contribution is 0.101. The van der Waals surface area contributed by atoms with Crippen molar-refractivity contribution in [1.82, 2.24) is 8.87 Å². The number of amides is 1. The number of sulfonamides is 1. The quantitative estimate of drug-likeness (QED) is 0.853. The molecule has 1 heterocycles. The smallest absolute Gasteiger partial charge is 0.272 e. The summed E-state index contributed by atoms with van der Waals surface area (Å²) in [6.45, 7) is 5.95. The van der Waals surface area contributed by atoms with Gasteiger partial charge in [0, 0.05) is 26.3 Å². The highest BCUT2D eigenvalue weighted by molar-refractivity contribution is 7.89. The summed E-state index contributed by atoms with van der Waals surface area (Å²) in [6, 6.07) is 5.69. The van der Waals surface area contributed by atoms with Gasteiger partial charge >= 0.3 is 0 Å². The third-order valence-corrected chi connectivity index (χ3v) is 5.94. The van der Waals surface area contributed by atoms with Gasteiger partial charge in [0.25, 0.3) is 5.91 Å². The fourth-order valence-electron chi connectivity index (χ4n) is 2.53. The number of hydrogen-bond donors (Lipinski definition) is 1. The molecule has 0 spiro atoms. The number of benzene rings is 1. The van der Waals surface area contributed by atoms with Crippen molar-refractivity contribution in [3.05, 3.63) is 47.5 Å². The van der Waals surface area contributed by atoms with Crippen LogP contribution in [0.5, 0.6) is 0 Å². The van der Waals surface area contributed by atoms with Crippen molar-refractivity contribution in [2.75, 3.05) is 18.4 Å². The van der Waals surface area contributed by atoms with Gasteiger partial charge in [0.1, 0.15) is 16.4 Å². The normalized spacial score (nSPS) is 11.8. The molecular formula is C17H22FN3O3S. The Kier molecular flexibility index (Phi) is 5.64. The van der Waals surface area contributed by atoms with Gasteiger partial charge < -0.3 is 9.88 Å². The van der Waals surface area contributed by atoms with Crippen molar-refractivity contribution in [2.24, 2.45) is 7.05 Å². The number of nitrogens with one attached hydrogen (secondary N) is 1. The van der Waals surface area contributed by atoms with E-state index >= 15 is 0 Å². The molecule has 1 amide bonds. The highest BCUT2D eigenvalue weighted by Crippen LogP contribution is 2.21. The first-order valence-electron chi connectivity index (χ1n) is 7.94. The molecule has 0 radical (unpaired) electrons. The molecule has 0 aliphatic heterocycles. The lowest BCUT2D eigenvalue weighted by Crippen LogP contribution is -2.30. The van der Waals surface area contributed by atoms with Crippen LogP contribution in [0.15, 0.2) is 35.4 Å². The predicted molar refractivity (Wildman–Crippen MR) is 94.6 cm³/mol. The van der Waals surface area contributed by atoms with Crippen molar-refractivity contribution in [2.45, 2.75) is 25.7 Å². The van der Waals surface area contributed by atoms with E-state index in [1.54, 1.807) is 33.9 Å². The summed E-state index contributed by atoms with van der Waals surface area (Å²) in [4.78, 5) is 12.5. The summed E-state index contributed by atoms with van der Waals surface area (Å²) in [5.41, 5.74) is 0.986. The summed E-state index contributed by atoms with van der Waals surface area (Å²) < 4.78 is 41.7. The van der Waals surface area contributed by atoms with Crippen molar-refractivity contribution >= 4 is 21.6 Å². The predicted octanol–water partition coefficient (Wildman–Crippen LogP) is 2.76. The first-order valence-corrected chi connectivity index (χ1v) is 9.38. The van der Waals surface area contributed by atoms with Crippen LogP contribution in [0.3, 0.4) is 0 Å². The molecule has 1 N–H and O–H groups in total. The minimum atomic E-state index is -3.67. The second-order valence-electron chi connectivity index (χ2n) is 5.70. The van der Waals surface area contributed by atoms with E-state index in [2.05, 4.69) is 5.32 Å². The number of carbonyl (C=O) groups excluding carboxylic acids is 1. The van der Waals surface area contributed by atoms with E-state index in [0.29, 0.717) is 13.1 Å². The molecule has 0 unspecified atom stereocenters. The molecule has 0 aliphatic carbocycles. The SMILES string of the molecule is CCN(CC)S(=O)(=O)c1cc(C(=O)Nc2cc(C)ccc2F)n(C)c1. The lowest BCUT2D eigenvalue weighted by atomic mass is 10.2. The fraction of sp³-hybridized carbons (Fsp3) is 0.353. The molecule has 0 fully saturated rings. The Morgan fingerprint density at radius 2 is 1.88 bits per heavy atom. The van der Waals surface area contributed by atoms with Crippen LogP contribution < -0.4 is 5.32 Å². The third-order valence-electron chi connectivity index (χ3n) is 3.93. The van der Waals surface area contributed by atoms with E-state index in [-0.39, 0.29) is 16.3 Å². The first-order chi connectivity index (χ1) is 11.7. The molecule has 1 aromatic carbocycles. The monoisotopic (exact) mass is 367 g/mol. The first kappa shape index (κ1) is 19.1. The van der Waals surface area contributed by atoms with E-state index < -0.39 is 21.7 Å². The Morgan fingerprint density at radius 3 is 2.48 bits per heavy atom. The zero-order chi connectivity index (χ0) is 18.8. The van der Waals surface area contributed by atoms with Gasteiger partial charge in [0.2, 0.25) is 10.0 Å². The molecular weight excluding hydrogens is 345 g/mol. The summed E-state index contributed by atoms with van der Waals surface area (Å²) >= 11 is 0. The summed E-state index contributed by atoms with van der Waals surface area (Å²) in [5.74, 6) is -1.13. The zero-order valence-corrected chi connectivity index (χ0v) is 15.5. The summed E-state index contributed by atoms with van der Waals surface area (Å²) in [5, 5.41) is 2.49. The molecule has 2 aromatic rings. The molecule has 8 heteroatoms. The van der Waals surface area contributed by atoms with Gasteiger partial charge in [-0.2, -0.15) is 4.31 Å². The topological polar surface area (TPSA) is 71.4 Å². The van der Waals surface area contributed by atoms with Gasteiger partial charge in [0.15, 0.2) is 0 Å². The van der Waals surface area contributed by atoms with Crippen LogP contribution in [-0.4, -0.2) is 36.3 Å². The van der Waals surface area contributed by atoms with E-state index in [9.17, 15) is 17.6 Å². The number of aryl methyl sites for hydroxylation is 2. The van der Waals surface area contributed by atoms with Crippen LogP contribution in [0.4, 0.5) is 10.1 Å². The largest absolute Gasteiger partial charge is 0.345 e. The van der Waals surface area contributed by atoms with Gasteiger partial charge in [-0.1, -0.05) is 19.9 Å². The summed E-state index contributed by atoms with van der Waals surface area (Å²) in [6.07, 6.45) is 1.38. The van der Waals surface area contributed by atoms with Crippen LogP contribution in [0.1, 0.15) is 29.9 Å². The molecule has 0 saturated heterocycles. The second kappa shape index (κ2) is 7.37. The molecule has 0 saturated carbocycles. The molecule has 1 aromatic heterocycles. The second-order valence-corrected chi connectivity index (χ2v) is 7.64. The van der Waals surface area contributed by atoms with Crippen molar-refractivity contribution in [3.8, 4) is 0 Å². The van der Waals surface area contributed by atoms with Crippen LogP contribution in [0.25, 0.3) is 0 Å². The molecule has 0 aliphatic rings. The van der Waals surface area contributed by atoms with Gasteiger partial charge in [-0.15, -0.1) is 0 Å². The van der Waals surface area contributed by atoms with E-state index in [1.807, 2.05) is 0 Å². The molecule has 0 bridgehead atoms. The van der Waals surface area contributed by atoms with Crippen molar-refractivity contribution in [1.29, 1.82) is 0 Å². The molecule has 6 nitrogen and oxygen atoms in total. The fourth-order valence-corrected chi connectivity index (χ4v) is 4.06. The minimum absolute atomic E-state index is 0.0357. The number of carbonyl (C=O) groups is 1. The van der Waals surface area contributed by atoms with E-state index in [0.717, 1.165) is 5.56 Å². The number of halogens is 1. The average molecular weight is 367 g/mol. The number of nitrogens with zero attached hydrogens (tertiary/aromatic N) is 2.